The average Bonchev–Trinajstić information content (AvgIpc) is 3.58. The van der Waals surface area contributed by atoms with E-state index in [0.717, 1.165) is 120 Å². The minimum atomic E-state index is -1.01. The third-order valence-corrected chi connectivity index (χ3v) is 15.8. The van der Waals surface area contributed by atoms with Crippen molar-refractivity contribution in [2.45, 2.75) is 0 Å². The molecule has 0 aliphatic carbocycles. The molecule has 4 N–H and O–H groups in total. The van der Waals surface area contributed by atoms with Crippen LogP contribution < -0.4 is 0 Å². The van der Waals surface area contributed by atoms with Crippen molar-refractivity contribution < 1.29 is 39.6 Å². The van der Waals surface area contributed by atoms with Crippen molar-refractivity contribution >= 4 is 121 Å². The van der Waals surface area contributed by atoms with Crippen molar-refractivity contribution in [3.8, 4) is 44.5 Å². The van der Waals surface area contributed by atoms with Crippen LogP contribution in [0, 0.1) is 0 Å². The number of rotatable bonds is 8. The lowest BCUT2D eigenvalue weighted by atomic mass is 9.83. The Morgan fingerprint density at radius 1 is 0.205 bits per heavy atom. The second-order valence-electron chi connectivity index (χ2n) is 19.8. The molecule has 0 spiro atoms. The van der Waals surface area contributed by atoms with Gasteiger partial charge in [-0.05, 0) is 190 Å². The molecule has 0 bridgehead atoms. The number of hydrogen-bond donors (Lipinski definition) is 4. The molecule has 0 unspecified atom stereocenters. The average molecular weight is 1010 g/mol. The maximum Gasteiger partial charge on any atom is 0.336 e. The standard InChI is InChI=1S/C70H40O8/c71-67(72)57-29-25-41(45-9-1-5-13-49(45)57)37-17-21-53-61(33-37)62-34-38(42-26-30-58(68(73)74)50-14-6-2-10-46(42)50)18-22-54(62)66-56-24-20-40(44-28-32-60(70(77)78)52-16-8-4-12-48(44)52)36-64(56)63-35-39(19-23-55(63)65(53)66)43-27-31-59(69(75)76)51-15-7-3-11-47(43)51/h1-36H,(H,71,72)(H,73,74)(H,75,76)(H,77,78). The summed E-state index contributed by atoms with van der Waals surface area (Å²) in [5.41, 5.74) is 7.96. The SMILES string of the molecule is O=C(O)c1ccc(-c2ccc3c(c2)c2cc(-c4ccc(C(=O)O)c5ccccc45)ccc2c2c4ccc(-c5ccc(C(=O)O)c6ccccc56)cc4c4cc(-c5ccc(C(=O)O)c6ccccc56)ccc4c32)c2ccccc12. The van der Waals surface area contributed by atoms with Gasteiger partial charge in [0, 0.05) is 0 Å². The Kier molecular flexibility index (Phi) is 10.3. The van der Waals surface area contributed by atoms with E-state index in [1.807, 2.05) is 121 Å². The first-order valence-corrected chi connectivity index (χ1v) is 25.4. The van der Waals surface area contributed by atoms with Crippen LogP contribution in [0.15, 0.2) is 218 Å². The van der Waals surface area contributed by atoms with E-state index in [9.17, 15) is 39.6 Å². The molecule has 0 aliphatic heterocycles. The van der Waals surface area contributed by atoms with E-state index in [0.29, 0.717) is 21.5 Å². The molecule has 8 heteroatoms. The molecule has 368 valence electrons. The van der Waals surface area contributed by atoms with E-state index in [2.05, 4.69) is 72.8 Å². The fourth-order valence-electron chi connectivity index (χ4n) is 12.4. The first-order valence-electron chi connectivity index (χ1n) is 25.4. The summed E-state index contributed by atoms with van der Waals surface area (Å²) in [6.07, 6.45) is 0. The summed E-state index contributed by atoms with van der Waals surface area (Å²) in [5, 5.41) is 56.4. The van der Waals surface area contributed by atoms with Gasteiger partial charge in [0.25, 0.3) is 0 Å². The van der Waals surface area contributed by atoms with E-state index in [4.69, 9.17) is 0 Å². The first kappa shape index (κ1) is 45.9. The van der Waals surface area contributed by atoms with Gasteiger partial charge in [0.15, 0.2) is 0 Å². The molecular weight excluding hydrogens is 969 g/mol. The summed E-state index contributed by atoms with van der Waals surface area (Å²) in [5.74, 6) is -4.02. The molecule has 14 rings (SSSR count). The number of hydrogen-bond acceptors (Lipinski definition) is 4. The van der Waals surface area contributed by atoms with Crippen LogP contribution in [0.4, 0.5) is 0 Å². The van der Waals surface area contributed by atoms with E-state index in [-0.39, 0.29) is 22.3 Å². The van der Waals surface area contributed by atoms with Crippen molar-refractivity contribution in [2.24, 2.45) is 0 Å². The normalized spacial score (nSPS) is 11.7. The van der Waals surface area contributed by atoms with E-state index >= 15 is 0 Å². The van der Waals surface area contributed by atoms with Gasteiger partial charge < -0.3 is 20.4 Å². The third-order valence-electron chi connectivity index (χ3n) is 15.8. The lowest BCUT2D eigenvalue weighted by molar-refractivity contribution is 0.0688. The zero-order chi connectivity index (χ0) is 53.1. The Balaban J connectivity index is 1.13. The quantitative estimate of drug-likeness (QED) is 0.110. The van der Waals surface area contributed by atoms with Crippen LogP contribution in [-0.4, -0.2) is 44.3 Å². The Labute approximate surface area is 443 Å². The Hall–Kier alpha value is -10.7. The Morgan fingerprint density at radius 3 is 0.615 bits per heavy atom. The van der Waals surface area contributed by atoms with Crippen LogP contribution in [-0.2, 0) is 0 Å². The van der Waals surface area contributed by atoms with Gasteiger partial charge in [-0.2, -0.15) is 0 Å². The van der Waals surface area contributed by atoms with Crippen LogP contribution in [0.25, 0.3) is 141 Å². The van der Waals surface area contributed by atoms with E-state index in [1.54, 1.807) is 24.3 Å². The third kappa shape index (κ3) is 6.94. The predicted molar refractivity (Wildman–Crippen MR) is 314 cm³/mol. The molecule has 0 fully saturated rings. The predicted octanol–water partition coefficient (Wildman–Crippen LogP) is 17.5. The summed E-state index contributed by atoms with van der Waals surface area (Å²) in [7, 11) is 0. The fraction of sp³-hybridized carbons (Fsp3) is 0. The molecule has 0 aliphatic rings. The van der Waals surface area contributed by atoms with Crippen molar-refractivity contribution in [1.29, 1.82) is 0 Å². The highest BCUT2D eigenvalue weighted by molar-refractivity contribution is 6.40. The van der Waals surface area contributed by atoms with Crippen LogP contribution in [0.3, 0.4) is 0 Å². The van der Waals surface area contributed by atoms with E-state index in [1.165, 1.54) is 0 Å². The van der Waals surface area contributed by atoms with Crippen LogP contribution in [0.5, 0.6) is 0 Å². The summed E-state index contributed by atoms with van der Waals surface area (Å²) in [6, 6.07) is 70.3. The van der Waals surface area contributed by atoms with Gasteiger partial charge >= 0.3 is 23.9 Å². The maximum absolute atomic E-state index is 12.5. The highest BCUT2D eigenvalue weighted by Gasteiger charge is 2.23. The number of carboxylic acid groups (broad SMARTS) is 4. The van der Waals surface area contributed by atoms with Crippen molar-refractivity contribution in [3.63, 3.8) is 0 Å². The van der Waals surface area contributed by atoms with Gasteiger partial charge in [0.1, 0.15) is 0 Å². The van der Waals surface area contributed by atoms with Crippen molar-refractivity contribution in [3.05, 3.63) is 241 Å². The minimum absolute atomic E-state index is 0.217. The largest absolute Gasteiger partial charge is 0.478 e. The summed E-state index contributed by atoms with van der Waals surface area (Å²) < 4.78 is 0. The molecule has 78 heavy (non-hydrogen) atoms. The highest BCUT2D eigenvalue weighted by atomic mass is 16.4. The van der Waals surface area contributed by atoms with Crippen LogP contribution >= 0.6 is 0 Å². The number of benzene rings is 14. The number of fused-ring (bicyclic) bond motifs is 15. The summed E-state index contributed by atoms with van der Waals surface area (Å²) in [4.78, 5) is 50.0. The number of aromatic carboxylic acids is 4. The Morgan fingerprint density at radius 2 is 0.410 bits per heavy atom. The fourth-order valence-corrected chi connectivity index (χ4v) is 12.4. The Bertz CT molecular complexity index is 4420. The van der Waals surface area contributed by atoms with Gasteiger partial charge in [0.05, 0.1) is 22.3 Å². The lowest BCUT2D eigenvalue weighted by Crippen LogP contribution is -1.98. The van der Waals surface area contributed by atoms with Gasteiger partial charge in [0.2, 0.25) is 0 Å². The van der Waals surface area contributed by atoms with Gasteiger partial charge in [-0.3, -0.25) is 0 Å². The molecule has 0 heterocycles. The zero-order valence-electron chi connectivity index (χ0n) is 41.2. The molecule has 0 amide bonds. The molecular formula is C70H40O8. The second-order valence-corrected chi connectivity index (χ2v) is 19.8. The maximum atomic E-state index is 12.5. The highest BCUT2D eigenvalue weighted by Crippen LogP contribution is 2.49. The van der Waals surface area contributed by atoms with Crippen LogP contribution in [0.2, 0.25) is 0 Å². The van der Waals surface area contributed by atoms with Gasteiger partial charge in [-0.25, -0.2) is 19.2 Å². The summed E-state index contributed by atoms with van der Waals surface area (Å²) >= 11 is 0. The minimum Gasteiger partial charge on any atom is -0.478 e. The summed E-state index contributed by atoms with van der Waals surface area (Å²) in [6.45, 7) is 0. The second kappa shape index (κ2) is 17.4. The van der Waals surface area contributed by atoms with Gasteiger partial charge in [-0.15, -0.1) is 0 Å². The molecule has 0 saturated heterocycles. The molecule has 0 radical (unpaired) electrons. The molecule has 0 atom stereocenters. The van der Waals surface area contributed by atoms with Gasteiger partial charge in [-0.1, -0.05) is 170 Å². The molecule has 0 aromatic heterocycles. The number of carboxylic acids is 4. The van der Waals surface area contributed by atoms with E-state index < -0.39 is 23.9 Å². The smallest absolute Gasteiger partial charge is 0.336 e. The van der Waals surface area contributed by atoms with Crippen LogP contribution in [0.1, 0.15) is 41.4 Å². The molecule has 14 aromatic carbocycles. The topological polar surface area (TPSA) is 149 Å². The molecule has 14 aromatic rings. The first-order chi connectivity index (χ1) is 38.0. The van der Waals surface area contributed by atoms with Crippen molar-refractivity contribution in [2.75, 3.05) is 0 Å². The zero-order valence-corrected chi connectivity index (χ0v) is 41.2. The number of carbonyl (C=O) groups is 4. The van der Waals surface area contributed by atoms with Crippen molar-refractivity contribution in [1.82, 2.24) is 0 Å². The molecule has 0 saturated carbocycles. The molecule has 8 nitrogen and oxygen atoms in total. The lowest BCUT2D eigenvalue weighted by Gasteiger charge is -2.20. The monoisotopic (exact) mass is 1010 g/mol.